The van der Waals surface area contributed by atoms with Gasteiger partial charge in [-0.2, -0.15) is 0 Å². The van der Waals surface area contributed by atoms with E-state index in [0.717, 1.165) is 71.2 Å². The van der Waals surface area contributed by atoms with Gasteiger partial charge in [0.25, 0.3) is 0 Å². The molecule has 48 heavy (non-hydrogen) atoms. The number of allylic oxidation sites excluding steroid dienone is 2. The fourth-order valence-corrected chi connectivity index (χ4v) is 10.3. The number of carbonyl (C=O) groups is 2. The Kier molecular flexibility index (Phi) is 24.7. The predicted octanol–water partition coefficient (Wildman–Crippen LogP) is 10.2. The molecule has 0 aromatic heterocycles. The summed E-state index contributed by atoms with van der Waals surface area (Å²) in [5.41, 5.74) is 4.44. The normalized spacial score (nSPS) is 12.3. The molecule has 2 aromatic rings. The number of benzene rings is 2. The van der Waals surface area contributed by atoms with Gasteiger partial charge in [0.15, 0.2) is 0 Å². The number of nitrogens with zero attached hydrogens (tertiary/aromatic N) is 2. The van der Waals surface area contributed by atoms with Gasteiger partial charge in [-0.3, -0.25) is 9.59 Å². The van der Waals surface area contributed by atoms with Crippen molar-refractivity contribution in [3.8, 4) is 0 Å². The molecule has 0 aliphatic rings. The molecule has 2 N–H and O–H groups in total. The van der Waals surface area contributed by atoms with E-state index < -0.39 is 0 Å². The van der Waals surface area contributed by atoms with Crippen LogP contribution in [0.4, 0.5) is 0 Å². The molecule has 0 aliphatic carbocycles. The van der Waals surface area contributed by atoms with Gasteiger partial charge in [0, 0.05) is 71.9 Å². The fourth-order valence-electron chi connectivity index (χ4n) is 5.15. The Bertz CT molecular complexity index is 1100. The number of hydrogen-bond donors (Lipinski definition) is 2. The molecule has 266 valence electrons. The molecule has 10 heteroatoms. The van der Waals surface area contributed by atoms with E-state index in [1.54, 1.807) is 53.0 Å². The van der Waals surface area contributed by atoms with Gasteiger partial charge >= 0.3 is 0 Å². The minimum atomic E-state index is 0.0766. The third-order valence-corrected chi connectivity index (χ3v) is 13.3. The fraction of sp³-hybridized carbons (Fsp3) is 0.526. The van der Waals surface area contributed by atoms with E-state index in [9.17, 15) is 19.8 Å². The average Bonchev–Trinajstić information content (AvgIpc) is 3.11. The Morgan fingerprint density at radius 1 is 0.562 bits per heavy atom. The lowest BCUT2D eigenvalue weighted by Gasteiger charge is -2.21. The molecule has 0 unspecified atom stereocenters. The number of unbranched alkanes of at least 4 members (excludes halogenated alkanes) is 9. The second kappa shape index (κ2) is 27.9. The van der Waals surface area contributed by atoms with Crippen LogP contribution in [0.1, 0.15) is 102 Å². The van der Waals surface area contributed by atoms with Gasteiger partial charge in [-0.25, -0.2) is 0 Å². The van der Waals surface area contributed by atoms with E-state index in [4.69, 9.17) is 0 Å². The summed E-state index contributed by atoms with van der Waals surface area (Å²) in [5, 5.41) is 19.2. The molecule has 0 atom stereocenters. The molecule has 0 aliphatic heterocycles. The van der Waals surface area contributed by atoms with Crippen LogP contribution in [0.3, 0.4) is 0 Å². The summed E-state index contributed by atoms with van der Waals surface area (Å²) in [6.07, 6.45) is 14.4. The lowest BCUT2D eigenvalue weighted by atomic mass is 10.1. The molecule has 6 nitrogen and oxygen atoms in total. The van der Waals surface area contributed by atoms with Gasteiger partial charge in [0.1, 0.15) is 0 Å². The molecule has 0 fully saturated rings. The molecule has 2 aromatic carbocycles. The zero-order valence-corrected chi connectivity index (χ0v) is 32.2. The molecular formula is C38H56N2O4S4. The monoisotopic (exact) mass is 732 g/mol. The lowest BCUT2D eigenvalue weighted by molar-refractivity contribution is -0.117. The number of amides is 2. The van der Waals surface area contributed by atoms with Crippen molar-refractivity contribution in [1.29, 1.82) is 0 Å². The largest absolute Gasteiger partial charge is 0.396 e. The molecule has 0 saturated heterocycles. The molecule has 0 radical (unpaired) electrons. The summed E-state index contributed by atoms with van der Waals surface area (Å²) >= 11 is 0. The van der Waals surface area contributed by atoms with Gasteiger partial charge in [-0.05, 0) is 37.8 Å². The van der Waals surface area contributed by atoms with E-state index in [2.05, 4.69) is 24.3 Å². The van der Waals surface area contributed by atoms with Crippen molar-refractivity contribution in [3.05, 3.63) is 93.0 Å². The van der Waals surface area contributed by atoms with E-state index in [-0.39, 0.29) is 13.2 Å². The van der Waals surface area contributed by atoms with Gasteiger partial charge in [0.2, 0.25) is 12.8 Å². The quantitative estimate of drug-likeness (QED) is 0.0486. The van der Waals surface area contributed by atoms with Crippen molar-refractivity contribution >= 4 is 56.0 Å². The Balaban J connectivity index is 1.58. The summed E-state index contributed by atoms with van der Waals surface area (Å²) in [6, 6.07) is 20.7. The molecule has 2 rings (SSSR count). The van der Waals surface area contributed by atoms with Crippen molar-refractivity contribution < 1.29 is 19.8 Å². The van der Waals surface area contributed by atoms with Crippen LogP contribution in [0.25, 0.3) is 0 Å². The van der Waals surface area contributed by atoms with Gasteiger partial charge < -0.3 is 20.0 Å². The van der Waals surface area contributed by atoms with E-state index in [1.165, 1.54) is 49.7 Å². The van der Waals surface area contributed by atoms with Crippen LogP contribution < -0.4 is 0 Å². The van der Waals surface area contributed by atoms with Gasteiger partial charge in [-0.15, -0.1) is 0 Å². The Hall–Kier alpha value is -1.82. The Labute approximate surface area is 305 Å². The Morgan fingerprint density at radius 3 is 1.21 bits per heavy atom. The zero-order chi connectivity index (χ0) is 34.7. The first-order valence-electron chi connectivity index (χ1n) is 17.3. The zero-order valence-electron chi connectivity index (χ0n) is 28.9. The highest BCUT2D eigenvalue weighted by molar-refractivity contribution is 8.78. The van der Waals surface area contributed by atoms with Gasteiger partial charge in [0.05, 0.1) is 0 Å². The topological polar surface area (TPSA) is 81.1 Å². The van der Waals surface area contributed by atoms with Crippen molar-refractivity contribution in [3.63, 3.8) is 0 Å². The van der Waals surface area contributed by atoms with Crippen LogP contribution in [0.5, 0.6) is 0 Å². The summed E-state index contributed by atoms with van der Waals surface area (Å²) < 4.78 is 0. The van der Waals surface area contributed by atoms with E-state index in [0.29, 0.717) is 25.9 Å². The minimum absolute atomic E-state index is 0.0766. The maximum absolute atomic E-state index is 11.9. The third kappa shape index (κ3) is 18.3. The van der Waals surface area contributed by atoms with Crippen molar-refractivity contribution in [2.24, 2.45) is 0 Å². The van der Waals surface area contributed by atoms with Gasteiger partial charge in [-0.1, -0.05) is 155 Å². The van der Waals surface area contributed by atoms with Crippen LogP contribution >= 0.6 is 43.2 Å². The number of aliphatic hydroxyl groups is 2. The first-order chi connectivity index (χ1) is 23.5. The van der Waals surface area contributed by atoms with Crippen LogP contribution in [0, 0.1) is 0 Å². The van der Waals surface area contributed by atoms with E-state index in [1.807, 2.05) is 50.2 Å². The first kappa shape index (κ1) is 42.3. The maximum atomic E-state index is 11.9. The molecule has 2 amide bonds. The predicted molar refractivity (Wildman–Crippen MR) is 211 cm³/mol. The molecular weight excluding hydrogens is 677 g/mol. The number of aliphatic hydroxyl groups excluding tert-OH is 2. The SMILES string of the molecule is CC(=C(CCO)SSCc1ccccc1)N(C=O)CCCCCCCCCCCCN(C=O)C(C)=C(CCO)SSCc1ccccc1. The number of hydrogen-bond acceptors (Lipinski definition) is 8. The van der Waals surface area contributed by atoms with Crippen molar-refractivity contribution in [1.82, 2.24) is 9.80 Å². The minimum Gasteiger partial charge on any atom is -0.396 e. The summed E-state index contributed by atoms with van der Waals surface area (Å²) in [6.45, 7) is 5.57. The van der Waals surface area contributed by atoms with Crippen LogP contribution in [-0.4, -0.2) is 59.1 Å². The second-order valence-corrected chi connectivity index (χ2v) is 16.5. The van der Waals surface area contributed by atoms with E-state index >= 15 is 0 Å². The second-order valence-electron chi connectivity index (χ2n) is 11.8. The molecule has 0 saturated carbocycles. The molecule has 0 bridgehead atoms. The van der Waals surface area contributed by atoms with Crippen LogP contribution in [0.15, 0.2) is 81.9 Å². The first-order valence-corrected chi connectivity index (χ1v) is 21.9. The molecule has 0 spiro atoms. The summed E-state index contributed by atoms with van der Waals surface area (Å²) in [7, 11) is 6.82. The standard InChI is InChI=1S/C38H56N2O4S4/c1-33(37(23-27-41)47-45-29-35-19-13-11-14-20-35)39(31-43)25-17-9-7-5-3-4-6-8-10-18-26-40(32-44)34(2)38(24-28-42)48-46-30-36-21-15-12-16-22-36/h11-16,19-22,31-32,41-42H,3-10,17-18,23-30H2,1-2H3. The average molecular weight is 733 g/mol. The highest BCUT2D eigenvalue weighted by Gasteiger charge is 2.13. The highest BCUT2D eigenvalue weighted by atomic mass is 33.1. The number of rotatable bonds is 29. The lowest BCUT2D eigenvalue weighted by Crippen LogP contribution is -2.22. The Morgan fingerprint density at radius 2 is 0.896 bits per heavy atom. The third-order valence-electron chi connectivity index (χ3n) is 8.10. The smallest absolute Gasteiger partial charge is 0.213 e. The maximum Gasteiger partial charge on any atom is 0.213 e. The van der Waals surface area contributed by atoms with Crippen LogP contribution in [-0.2, 0) is 21.1 Å². The van der Waals surface area contributed by atoms with Crippen molar-refractivity contribution in [2.45, 2.75) is 102 Å². The summed E-state index contributed by atoms with van der Waals surface area (Å²) in [4.78, 5) is 29.5. The van der Waals surface area contributed by atoms with Crippen LogP contribution in [0.2, 0.25) is 0 Å². The molecule has 0 heterocycles. The highest BCUT2D eigenvalue weighted by Crippen LogP contribution is 2.38. The number of carbonyl (C=O) groups excluding carboxylic acids is 2. The van der Waals surface area contributed by atoms with Crippen molar-refractivity contribution in [2.75, 3.05) is 26.3 Å². The summed E-state index contributed by atoms with van der Waals surface area (Å²) in [5.74, 6) is 1.76.